The number of methoxy groups -OCH3 is 1. The number of carbonyl (C=O) groups excluding carboxylic acids is 2. The van der Waals surface area contributed by atoms with Gasteiger partial charge in [-0.3, -0.25) is 9.59 Å². The molecule has 0 aliphatic heterocycles. The number of carbonyl (C=O) groups is 2. The standard InChI is InChI=1S/C33H32Cl2N2O3/c1-40-29-17-12-26(13-18-29)23-37(32(38)19-14-24-8-4-2-5-9-24)31(20-25-10-6-3-7-11-25)33(39)36-22-27-15-16-28(34)21-30(27)35/h2-13,15-18,21,31H,14,19-20,22-23H2,1H3,(H,36,39). The Morgan fingerprint density at radius 1 is 0.825 bits per heavy atom. The number of hydrogen-bond donors (Lipinski definition) is 1. The van der Waals surface area contributed by atoms with Crippen LogP contribution >= 0.6 is 23.2 Å². The number of halogens is 2. The Labute approximate surface area is 245 Å². The van der Waals surface area contributed by atoms with Crippen molar-refractivity contribution in [3.63, 3.8) is 0 Å². The molecule has 0 saturated heterocycles. The van der Waals surface area contributed by atoms with Gasteiger partial charge in [0.15, 0.2) is 0 Å². The molecule has 1 N–H and O–H groups in total. The fourth-order valence-corrected chi connectivity index (χ4v) is 4.96. The molecule has 0 heterocycles. The average Bonchev–Trinajstić information content (AvgIpc) is 2.98. The van der Waals surface area contributed by atoms with Crippen molar-refractivity contribution in [3.8, 4) is 5.75 Å². The highest BCUT2D eigenvalue weighted by Crippen LogP contribution is 2.22. The number of hydrogen-bond acceptors (Lipinski definition) is 3. The van der Waals surface area contributed by atoms with E-state index in [9.17, 15) is 9.59 Å². The van der Waals surface area contributed by atoms with Gasteiger partial charge in [-0.1, -0.05) is 102 Å². The van der Waals surface area contributed by atoms with Crippen LogP contribution in [0.5, 0.6) is 5.75 Å². The van der Waals surface area contributed by atoms with Gasteiger partial charge < -0.3 is 15.0 Å². The van der Waals surface area contributed by atoms with Gasteiger partial charge in [0.1, 0.15) is 11.8 Å². The minimum atomic E-state index is -0.737. The molecule has 5 nitrogen and oxygen atoms in total. The number of aryl methyl sites for hydroxylation is 1. The van der Waals surface area contributed by atoms with Gasteiger partial charge in [0.05, 0.1) is 7.11 Å². The fourth-order valence-electron chi connectivity index (χ4n) is 4.49. The molecule has 0 aromatic heterocycles. The lowest BCUT2D eigenvalue weighted by Gasteiger charge is -2.32. The van der Waals surface area contributed by atoms with E-state index < -0.39 is 6.04 Å². The zero-order chi connectivity index (χ0) is 28.3. The van der Waals surface area contributed by atoms with Crippen molar-refractivity contribution < 1.29 is 14.3 Å². The van der Waals surface area contributed by atoms with E-state index in [-0.39, 0.29) is 31.3 Å². The fraction of sp³-hybridized carbons (Fsp3) is 0.212. The molecule has 4 aromatic rings. The number of rotatable bonds is 12. The molecule has 40 heavy (non-hydrogen) atoms. The maximum Gasteiger partial charge on any atom is 0.243 e. The van der Waals surface area contributed by atoms with E-state index in [1.54, 1.807) is 30.2 Å². The topological polar surface area (TPSA) is 58.6 Å². The summed E-state index contributed by atoms with van der Waals surface area (Å²) in [5, 5.41) is 4.01. The second-order valence-corrected chi connectivity index (χ2v) is 10.4. The molecule has 0 fully saturated rings. The molecule has 2 amide bonds. The summed E-state index contributed by atoms with van der Waals surface area (Å²) < 4.78 is 5.30. The SMILES string of the molecule is COc1ccc(CN(C(=O)CCc2ccccc2)C(Cc2ccccc2)C(=O)NCc2ccc(Cl)cc2Cl)cc1. The van der Waals surface area contributed by atoms with E-state index in [1.807, 2.05) is 84.9 Å². The van der Waals surface area contributed by atoms with Crippen LogP contribution in [0.15, 0.2) is 103 Å². The van der Waals surface area contributed by atoms with E-state index in [2.05, 4.69) is 5.32 Å². The summed E-state index contributed by atoms with van der Waals surface area (Å²) in [6.07, 6.45) is 1.23. The Morgan fingerprint density at radius 3 is 2.10 bits per heavy atom. The molecule has 1 unspecified atom stereocenters. The van der Waals surface area contributed by atoms with Gasteiger partial charge in [-0.15, -0.1) is 0 Å². The minimum Gasteiger partial charge on any atom is -0.497 e. The van der Waals surface area contributed by atoms with Gasteiger partial charge in [-0.25, -0.2) is 0 Å². The zero-order valence-corrected chi connectivity index (χ0v) is 23.9. The van der Waals surface area contributed by atoms with Crippen LogP contribution in [-0.4, -0.2) is 29.9 Å². The predicted octanol–water partition coefficient (Wildman–Crippen LogP) is 6.89. The third-order valence-corrected chi connectivity index (χ3v) is 7.31. The molecule has 4 rings (SSSR count). The lowest BCUT2D eigenvalue weighted by Crippen LogP contribution is -2.50. The van der Waals surface area contributed by atoms with Crippen molar-refractivity contribution in [3.05, 3.63) is 135 Å². The van der Waals surface area contributed by atoms with Crippen LogP contribution in [0.2, 0.25) is 10.0 Å². The van der Waals surface area contributed by atoms with Crippen molar-refractivity contribution in [1.29, 1.82) is 0 Å². The quantitative estimate of drug-likeness (QED) is 0.200. The summed E-state index contributed by atoms with van der Waals surface area (Å²) in [6.45, 7) is 0.499. The second kappa shape index (κ2) is 14.5. The van der Waals surface area contributed by atoms with Crippen molar-refractivity contribution in [2.45, 2.75) is 38.4 Å². The predicted molar refractivity (Wildman–Crippen MR) is 161 cm³/mol. The van der Waals surface area contributed by atoms with E-state index in [0.717, 1.165) is 28.0 Å². The van der Waals surface area contributed by atoms with Crippen LogP contribution in [0.1, 0.15) is 28.7 Å². The Balaban J connectivity index is 1.62. The van der Waals surface area contributed by atoms with Crippen molar-refractivity contribution >= 4 is 35.0 Å². The van der Waals surface area contributed by atoms with Crippen molar-refractivity contribution in [2.75, 3.05) is 7.11 Å². The first-order chi connectivity index (χ1) is 19.4. The summed E-state index contributed by atoms with van der Waals surface area (Å²) in [4.78, 5) is 29.3. The molecule has 206 valence electrons. The molecule has 0 saturated carbocycles. The van der Waals surface area contributed by atoms with Crippen molar-refractivity contribution in [1.82, 2.24) is 10.2 Å². The highest BCUT2D eigenvalue weighted by Gasteiger charge is 2.30. The average molecular weight is 576 g/mol. The van der Waals surface area contributed by atoms with E-state index >= 15 is 0 Å². The summed E-state index contributed by atoms with van der Waals surface area (Å²) >= 11 is 12.4. The third-order valence-electron chi connectivity index (χ3n) is 6.72. The Morgan fingerprint density at radius 2 is 1.48 bits per heavy atom. The van der Waals surface area contributed by atoms with Gasteiger partial charge in [0.25, 0.3) is 0 Å². The molecular weight excluding hydrogens is 543 g/mol. The monoisotopic (exact) mass is 574 g/mol. The van der Waals surface area contributed by atoms with E-state index in [0.29, 0.717) is 22.9 Å². The largest absolute Gasteiger partial charge is 0.497 e. The molecule has 0 spiro atoms. The highest BCUT2D eigenvalue weighted by atomic mass is 35.5. The molecule has 4 aromatic carbocycles. The van der Waals surface area contributed by atoms with Crippen LogP contribution in [0.4, 0.5) is 0 Å². The number of nitrogens with one attached hydrogen (secondary N) is 1. The first-order valence-electron chi connectivity index (χ1n) is 13.1. The van der Waals surface area contributed by atoms with Gasteiger partial charge >= 0.3 is 0 Å². The lowest BCUT2D eigenvalue weighted by molar-refractivity contribution is -0.141. The molecule has 0 aliphatic carbocycles. The number of benzene rings is 4. The summed E-state index contributed by atoms with van der Waals surface area (Å²) in [5.74, 6) is 0.376. The number of ether oxygens (including phenoxy) is 1. The Kier molecular flexibility index (Phi) is 10.6. The molecule has 0 bridgehead atoms. The number of nitrogens with zero attached hydrogens (tertiary/aromatic N) is 1. The van der Waals surface area contributed by atoms with Gasteiger partial charge in [-0.2, -0.15) is 0 Å². The maximum atomic E-state index is 13.8. The lowest BCUT2D eigenvalue weighted by atomic mass is 10.0. The molecule has 7 heteroatoms. The van der Waals surface area contributed by atoms with Crippen LogP contribution in [0, 0.1) is 0 Å². The van der Waals surface area contributed by atoms with Crippen LogP contribution in [0.25, 0.3) is 0 Å². The molecule has 1 atom stereocenters. The van der Waals surface area contributed by atoms with Gasteiger partial charge in [-0.05, 0) is 52.9 Å². The molecule has 0 radical (unpaired) electrons. The number of amides is 2. The first-order valence-corrected chi connectivity index (χ1v) is 13.9. The van der Waals surface area contributed by atoms with Crippen LogP contribution in [-0.2, 0) is 35.5 Å². The smallest absolute Gasteiger partial charge is 0.243 e. The summed E-state index contributed by atoms with van der Waals surface area (Å²) in [6, 6.07) is 31.6. The summed E-state index contributed by atoms with van der Waals surface area (Å²) in [7, 11) is 1.61. The summed E-state index contributed by atoms with van der Waals surface area (Å²) in [5.41, 5.74) is 3.68. The Hall–Kier alpha value is -3.80. The van der Waals surface area contributed by atoms with Crippen molar-refractivity contribution in [2.24, 2.45) is 0 Å². The van der Waals surface area contributed by atoms with Crippen LogP contribution in [0.3, 0.4) is 0 Å². The Bertz CT molecular complexity index is 1400. The molecule has 0 aliphatic rings. The highest BCUT2D eigenvalue weighted by molar-refractivity contribution is 6.35. The molecular formula is C33H32Cl2N2O3. The van der Waals surface area contributed by atoms with E-state index in [1.165, 1.54) is 0 Å². The normalized spacial score (nSPS) is 11.5. The first kappa shape index (κ1) is 29.2. The zero-order valence-electron chi connectivity index (χ0n) is 22.4. The van der Waals surface area contributed by atoms with E-state index in [4.69, 9.17) is 27.9 Å². The second-order valence-electron chi connectivity index (χ2n) is 9.51. The third kappa shape index (κ3) is 8.35. The minimum absolute atomic E-state index is 0.0970. The maximum absolute atomic E-state index is 13.8. The van der Waals surface area contributed by atoms with Gasteiger partial charge in [0, 0.05) is 36.0 Å². The van der Waals surface area contributed by atoms with Crippen LogP contribution < -0.4 is 10.1 Å². The van der Waals surface area contributed by atoms with Gasteiger partial charge in [0.2, 0.25) is 11.8 Å².